The highest BCUT2D eigenvalue weighted by Crippen LogP contribution is 2.29. The fraction of sp³-hybridized carbons (Fsp3) is 0.0870. The Morgan fingerprint density at radius 3 is 2.00 bits per heavy atom. The van der Waals surface area contributed by atoms with Crippen molar-refractivity contribution in [2.24, 2.45) is 0 Å². The maximum atomic E-state index is 12.9. The van der Waals surface area contributed by atoms with Gasteiger partial charge < -0.3 is 14.9 Å². The summed E-state index contributed by atoms with van der Waals surface area (Å²) < 4.78 is 0. The molecule has 0 fully saturated rings. The third-order valence-corrected chi connectivity index (χ3v) is 4.60. The summed E-state index contributed by atoms with van der Waals surface area (Å²) in [5.41, 5.74) is 5.16. The topological polar surface area (TPSA) is 77.7 Å². The molecule has 0 aliphatic heterocycles. The monoisotopic (exact) mass is 383 g/mol. The zero-order valence-corrected chi connectivity index (χ0v) is 15.9. The number of nitrogens with zero attached hydrogens (tertiary/aromatic N) is 3. The molecule has 0 spiro atoms. The van der Waals surface area contributed by atoms with Crippen LogP contribution in [0.4, 0.5) is 0 Å². The van der Waals surface area contributed by atoms with Gasteiger partial charge in [0.1, 0.15) is 11.4 Å². The maximum absolute atomic E-state index is 12.9. The molecule has 2 N–H and O–H groups in total. The van der Waals surface area contributed by atoms with Gasteiger partial charge in [0.2, 0.25) is 0 Å². The van der Waals surface area contributed by atoms with Crippen LogP contribution in [0.25, 0.3) is 33.8 Å². The van der Waals surface area contributed by atoms with Crippen molar-refractivity contribution in [2.75, 3.05) is 13.1 Å². The van der Waals surface area contributed by atoms with E-state index < -0.39 is 0 Å². The van der Waals surface area contributed by atoms with E-state index in [0.29, 0.717) is 24.2 Å². The first kappa shape index (κ1) is 18.4. The Morgan fingerprint density at radius 1 is 0.897 bits per heavy atom. The lowest BCUT2D eigenvalue weighted by molar-refractivity contribution is 0.0791. The summed E-state index contributed by atoms with van der Waals surface area (Å²) in [5, 5.41) is 0. The van der Waals surface area contributed by atoms with Crippen LogP contribution in [0.15, 0.2) is 80.2 Å². The second-order valence-electron chi connectivity index (χ2n) is 6.58. The fourth-order valence-electron chi connectivity index (χ4n) is 3.25. The molecule has 0 aliphatic carbocycles. The first-order valence-corrected chi connectivity index (χ1v) is 9.31. The van der Waals surface area contributed by atoms with Crippen LogP contribution >= 0.6 is 0 Å². The van der Waals surface area contributed by atoms with Crippen molar-refractivity contribution in [2.45, 2.75) is 0 Å². The zero-order chi connectivity index (χ0) is 20.2. The Bertz CT molecular complexity index is 1150. The summed E-state index contributed by atoms with van der Waals surface area (Å²) in [6.45, 7) is 8.36. The quantitative estimate of drug-likeness (QED) is 0.463. The third kappa shape index (κ3) is 3.60. The van der Waals surface area contributed by atoms with Crippen molar-refractivity contribution >= 4 is 16.9 Å². The molecule has 0 saturated heterocycles. The van der Waals surface area contributed by atoms with E-state index in [-0.39, 0.29) is 5.91 Å². The van der Waals surface area contributed by atoms with Gasteiger partial charge in [0.25, 0.3) is 5.91 Å². The SMILES string of the molecule is C=CCN(CC=C)C(=O)c1ccc2nc(-c3ccc[nH]3)c(-c3ccc[nH]3)nc2c1. The third-order valence-electron chi connectivity index (χ3n) is 4.60. The number of carbonyl (C=O) groups is 1. The summed E-state index contributed by atoms with van der Waals surface area (Å²) in [6.07, 6.45) is 7.11. The number of nitrogens with one attached hydrogen (secondary N) is 2. The normalized spacial score (nSPS) is 10.8. The fourth-order valence-corrected chi connectivity index (χ4v) is 3.25. The van der Waals surface area contributed by atoms with Crippen LogP contribution in [0.1, 0.15) is 10.4 Å². The molecule has 1 amide bonds. The van der Waals surface area contributed by atoms with Gasteiger partial charge in [-0.05, 0) is 42.5 Å². The molecule has 0 bridgehead atoms. The number of carbonyl (C=O) groups excluding carboxylic acids is 1. The van der Waals surface area contributed by atoms with Crippen LogP contribution in [-0.2, 0) is 0 Å². The van der Waals surface area contributed by atoms with Crippen molar-refractivity contribution in [1.29, 1.82) is 0 Å². The number of hydrogen-bond donors (Lipinski definition) is 2. The standard InChI is InChI=1S/C23H21N5O/c1-3-13-28(14-4-2)23(29)16-9-10-17-20(15-16)27-22(19-8-6-12-25-19)21(26-17)18-7-5-11-24-18/h3-12,15,24-25H,1-2,13-14H2. The van der Waals surface area contributed by atoms with E-state index in [2.05, 4.69) is 23.1 Å². The zero-order valence-electron chi connectivity index (χ0n) is 15.9. The number of aromatic nitrogens is 4. The van der Waals surface area contributed by atoms with Crippen LogP contribution in [-0.4, -0.2) is 43.8 Å². The smallest absolute Gasteiger partial charge is 0.254 e. The lowest BCUT2D eigenvalue weighted by Crippen LogP contribution is -2.31. The van der Waals surface area contributed by atoms with Crippen LogP contribution in [0.2, 0.25) is 0 Å². The van der Waals surface area contributed by atoms with Crippen molar-refractivity contribution < 1.29 is 4.79 Å². The van der Waals surface area contributed by atoms with E-state index in [1.807, 2.05) is 42.7 Å². The van der Waals surface area contributed by atoms with E-state index in [1.54, 1.807) is 29.2 Å². The van der Waals surface area contributed by atoms with Gasteiger partial charge in [0, 0.05) is 31.0 Å². The molecule has 29 heavy (non-hydrogen) atoms. The minimum absolute atomic E-state index is 0.0941. The maximum Gasteiger partial charge on any atom is 0.254 e. The Morgan fingerprint density at radius 2 is 1.48 bits per heavy atom. The molecule has 0 aliphatic rings. The predicted octanol–water partition coefficient (Wildman–Crippen LogP) is 4.43. The van der Waals surface area contributed by atoms with Crippen molar-refractivity contribution in [3.8, 4) is 22.8 Å². The molecule has 1 aromatic carbocycles. The van der Waals surface area contributed by atoms with E-state index in [1.165, 1.54) is 0 Å². The molecule has 3 aromatic heterocycles. The van der Waals surface area contributed by atoms with Crippen molar-refractivity contribution in [3.63, 3.8) is 0 Å². The highest BCUT2D eigenvalue weighted by Gasteiger charge is 2.17. The highest BCUT2D eigenvalue weighted by molar-refractivity contribution is 5.98. The Labute approximate surface area is 168 Å². The first-order valence-electron chi connectivity index (χ1n) is 9.31. The van der Waals surface area contributed by atoms with Gasteiger partial charge in [0.15, 0.2) is 0 Å². The van der Waals surface area contributed by atoms with Gasteiger partial charge >= 0.3 is 0 Å². The molecular formula is C23H21N5O. The average Bonchev–Trinajstić information content (AvgIpc) is 3.46. The number of fused-ring (bicyclic) bond motifs is 1. The van der Waals surface area contributed by atoms with Gasteiger partial charge in [-0.1, -0.05) is 12.2 Å². The van der Waals surface area contributed by atoms with Gasteiger partial charge in [-0.3, -0.25) is 4.79 Å². The van der Waals surface area contributed by atoms with E-state index >= 15 is 0 Å². The number of benzene rings is 1. The number of hydrogen-bond acceptors (Lipinski definition) is 3. The minimum atomic E-state index is -0.0941. The number of rotatable bonds is 7. The molecule has 0 atom stereocenters. The van der Waals surface area contributed by atoms with Crippen LogP contribution < -0.4 is 0 Å². The molecule has 6 heteroatoms. The van der Waals surface area contributed by atoms with Gasteiger partial charge in [0.05, 0.1) is 22.4 Å². The molecule has 0 saturated carbocycles. The summed E-state index contributed by atoms with van der Waals surface area (Å²) in [7, 11) is 0. The number of amides is 1. The molecule has 0 radical (unpaired) electrons. The molecule has 6 nitrogen and oxygen atoms in total. The molecular weight excluding hydrogens is 362 g/mol. The van der Waals surface area contributed by atoms with Crippen LogP contribution in [0.5, 0.6) is 0 Å². The Balaban J connectivity index is 1.83. The second kappa shape index (κ2) is 7.98. The van der Waals surface area contributed by atoms with Gasteiger partial charge in [-0.2, -0.15) is 0 Å². The Hall–Kier alpha value is -3.93. The molecule has 0 unspecified atom stereocenters. The van der Waals surface area contributed by atoms with E-state index in [0.717, 1.165) is 28.3 Å². The van der Waals surface area contributed by atoms with Crippen molar-refractivity contribution in [1.82, 2.24) is 24.8 Å². The van der Waals surface area contributed by atoms with E-state index in [9.17, 15) is 4.79 Å². The molecule has 144 valence electrons. The number of H-pyrrole nitrogens is 2. The average molecular weight is 383 g/mol. The summed E-state index contributed by atoms with van der Waals surface area (Å²) in [4.78, 5) is 30.6. The largest absolute Gasteiger partial charge is 0.360 e. The molecule has 3 heterocycles. The van der Waals surface area contributed by atoms with Crippen LogP contribution in [0, 0.1) is 0 Å². The first-order chi connectivity index (χ1) is 14.2. The van der Waals surface area contributed by atoms with Crippen LogP contribution in [0.3, 0.4) is 0 Å². The highest BCUT2D eigenvalue weighted by atomic mass is 16.2. The van der Waals surface area contributed by atoms with Gasteiger partial charge in [-0.25, -0.2) is 9.97 Å². The summed E-state index contributed by atoms with van der Waals surface area (Å²) >= 11 is 0. The minimum Gasteiger partial charge on any atom is -0.360 e. The molecule has 4 rings (SSSR count). The number of aromatic amines is 2. The molecule has 4 aromatic rings. The Kier molecular flexibility index (Phi) is 5.07. The van der Waals surface area contributed by atoms with Crippen molar-refractivity contribution in [3.05, 3.63) is 85.7 Å². The summed E-state index contributed by atoms with van der Waals surface area (Å²) in [6, 6.07) is 13.2. The second-order valence-corrected chi connectivity index (χ2v) is 6.58. The van der Waals surface area contributed by atoms with Gasteiger partial charge in [-0.15, -0.1) is 13.2 Å². The lowest BCUT2D eigenvalue weighted by atomic mass is 10.1. The lowest BCUT2D eigenvalue weighted by Gasteiger charge is -2.19. The summed E-state index contributed by atoms with van der Waals surface area (Å²) in [5.74, 6) is -0.0941. The predicted molar refractivity (Wildman–Crippen MR) is 115 cm³/mol. The van der Waals surface area contributed by atoms with E-state index in [4.69, 9.17) is 9.97 Å².